The van der Waals surface area contributed by atoms with Gasteiger partial charge < -0.3 is 5.32 Å². The summed E-state index contributed by atoms with van der Waals surface area (Å²) >= 11 is 0.993. The molecule has 2 atom stereocenters. The second kappa shape index (κ2) is 8.17. The van der Waals surface area contributed by atoms with Crippen LogP contribution < -0.4 is 5.32 Å². The zero-order chi connectivity index (χ0) is 20.4. The molecule has 0 unspecified atom stereocenters. The number of hydrogen-bond acceptors (Lipinski definition) is 6. The molecule has 4 rings (SSSR count). The van der Waals surface area contributed by atoms with Crippen LogP contribution in [0.15, 0.2) is 53.4 Å². The number of aromatic nitrogens is 2. The van der Waals surface area contributed by atoms with Crippen molar-refractivity contribution in [1.29, 1.82) is 0 Å². The van der Waals surface area contributed by atoms with E-state index < -0.39 is 10.0 Å². The van der Waals surface area contributed by atoms with Gasteiger partial charge in [-0.2, -0.15) is 13.1 Å². The number of amides is 1. The molecule has 0 saturated carbocycles. The lowest BCUT2D eigenvalue weighted by Crippen LogP contribution is -2.45. The fraction of sp³-hybridized carbons (Fsp3) is 0.350. The van der Waals surface area contributed by atoms with Gasteiger partial charge in [-0.15, -0.1) is 0 Å². The minimum Gasteiger partial charge on any atom is -0.349 e. The number of nitrogens with zero attached hydrogens (tertiary/aromatic N) is 3. The van der Waals surface area contributed by atoms with Gasteiger partial charge in [0.2, 0.25) is 15.9 Å². The van der Waals surface area contributed by atoms with E-state index in [1.54, 1.807) is 18.2 Å². The van der Waals surface area contributed by atoms with Crippen molar-refractivity contribution < 1.29 is 13.2 Å². The molecular weight excluding hydrogens is 408 g/mol. The van der Waals surface area contributed by atoms with Crippen molar-refractivity contribution in [3.8, 4) is 0 Å². The van der Waals surface area contributed by atoms with Crippen molar-refractivity contribution in [2.24, 2.45) is 5.92 Å². The van der Waals surface area contributed by atoms with Gasteiger partial charge in [0.1, 0.15) is 15.9 Å². The molecule has 1 aliphatic heterocycles. The first-order valence-electron chi connectivity index (χ1n) is 9.53. The molecule has 2 heterocycles. The summed E-state index contributed by atoms with van der Waals surface area (Å²) in [7, 11) is -3.75. The van der Waals surface area contributed by atoms with Crippen LogP contribution in [0.2, 0.25) is 0 Å². The highest BCUT2D eigenvalue weighted by Crippen LogP contribution is 2.28. The summed E-state index contributed by atoms with van der Waals surface area (Å²) in [4.78, 5) is 13.0. The van der Waals surface area contributed by atoms with Crippen LogP contribution in [-0.2, 0) is 14.8 Å². The molecule has 0 bridgehead atoms. The van der Waals surface area contributed by atoms with Gasteiger partial charge in [0.05, 0.1) is 23.7 Å². The van der Waals surface area contributed by atoms with Gasteiger partial charge in [-0.3, -0.25) is 4.79 Å². The largest absolute Gasteiger partial charge is 0.349 e. The molecule has 3 aromatic rings. The predicted molar refractivity (Wildman–Crippen MR) is 112 cm³/mol. The van der Waals surface area contributed by atoms with Crippen LogP contribution in [-0.4, -0.2) is 40.5 Å². The third kappa shape index (κ3) is 4.03. The minimum absolute atomic E-state index is 0.116. The quantitative estimate of drug-likeness (QED) is 0.672. The highest BCUT2D eigenvalue weighted by Gasteiger charge is 2.35. The molecule has 0 spiro atoms. The number of sulfonamides is 1. The Kier molecular flexibility index (Phi) is 5.62. The van der Waals surface area contributed by atoms with Crippen LogP contribution in [0, 0.1) is 5.92 Å². The molecule has 1 amide bonds. The first-order valence-corrected chi connectivity index (χ1v) is 11.7. The van der Waals surface area contributed by atoms with Crippen LogP contribution in [0.5, 0.6) is 0 Å². The zero-order valence-corrected chi connectivity index (χ0v) is 17.6. The topological polar surface area (TPSA) is 92.3 Å². The third-order valence-corrected chi connectivity index (χ3v) is 7.72. The van der Waals surface area contributed by atoms with E-state index >= 15 is 0 Å². The van der Waals surface area contributed by atoms with Crippen LogP contribution in [0.1, 0.15) is 31.4 Å². The normalized spacial score (nSPS) is 19.1. The zero-order valence-electron chi connectivity index (χ0n) is 16.0. The van der Waals surface area contributed by atoms with Gasteiger partial charge >= 0.3 is 0 Å². The average molecular weight is 431 g/mol. The molecular formula is C20H22N4O3S2. The Bertz CT molecular complexity index is 1110. The lowest BCUT2D eigenvalue weighted by molar-refractivity contribution is -0.126. The highest BCUT2D eigenvalue weighted by molar-refractivity contribution is 7.89. The third-order valence-electron chi connectivity index (χ3n) is 5.28. The molecule has 1 fully saturated rings. The van der Waals surface area contributed by atoms with E-state index in [1.807, 2.05) is 37.3 Å². The van der Waals surface area contributed by atoms with E-state index in [4.69, 9.17) is 0 Å². The van der Waals surface area contributed by atoms with E-state index in [1.165, 1.54) is 4.31 Å². The number of hydrogen-bond donors (Lipinski definition) is 1. The summed E-state index contributed by atoms with van der Waals surface area (Å²) in [6.45, 7) is 2.50. The summed E-state index contributed by atoms with van der Waals surface area (Å²) in [5, 5.41) is 3.02. The minimum atomic E-state index is -3.75. The number of nitrogens with one attached hydrogen (secondary N) is 1. The maximum Gasteiger partial charge on any atom is 0.245 e. The van der Waals surface area contributed by atoms with E-state index in [2.05, 4.69) is 14.1 Å². The predicted octanol–water partition coefficient (Wildman–Crippen LogP) is 2.97. The number of fused-ring (bicyclic) bond motifs is 1. The lowest BCUT2D eigenvalue weighted by Gasteiger charge is -2.32. The fourth-order valence-electron chi connectivity index (χ4n) is 3.66. The maximum atomic E-state index is 13.2. The summed E-state index contributed by atoms with van der Waals surface area (Å²) < 4.78 is 36.2. The number of carbonyl (C=O) groups is 1. The molecule has 1 saturated heterocycles. The van der Waals surface area contributed by atoms with Crippen LogP contribution >= 0.6 is 11.7 Å². The molecule has 2 aromatic carbocycles. The first-order chi connectivity index (χ1) is 14.0. The monoisotopic (exact) mass is 430 g/mol. The van der Waals surface area contributed by atoms with E-state index in [0.29, 0.717) is 30.4 Å². The second-order valence-electron chi connectivity index (χ2n) is 7.23. The Labute approximate surface area is 174 Å². The molecule has 152 valence electrons. The summed E-state index contributed by atoms with van der Waals surface area (Å²) in [5.74, 6) is -0.493. The molecule has 9 heteroatoms. The first kappa shape index (κ1) is 19.9. The summed E-state index contributed by atoms with van der Waals surface area (Å²) in [5.41, 5.74) is 1.98. The van der Waals surface area contributed by atoms with Crippen molar-refractivity contribution in [3.05, 3.63) is 54.1 Å². The van der Waals surface area contributed by atoms with Gasteiger partial charge in [0.15, 0.2) is 0 Å². The Morgan fingerprint density at radius 3 is 2.76 bits per heavy atom. The molecule has 1 aliphatic rings. The van der Waals surface area contributed by atoms with Gasteiger partial charge in [-0.05, 0) is 37.5 Å². The SMILES string of the molecule is C[C@@H](NC(=O)[C@@H]1CCCN(S(=O)(=O)c2cccc3nsnc23)C1)c1ccccc1. The van der Waals surface area contributed by atoms with Crippen LogP contribution in [0.3, 0.4) is 0 Å². The van der Waals surface area contributed by atoms with Crippen molar-refractivity contribution in [2.75, 3.05) is 13.1 Å². The molecule has 1 aromatic heterocycles. The number of rotatable bonds is 5. The van der Waals surface area contributed by atoms with E-state index in [9.17, 15) is 13.2 Å². The van der Waals surface area contributed by atoms with Crippen molar-refractivity contribution in [2.45, 2.75) is 30.7 Å². The molecule has 1 N–H and O–H groups in total. The summed E-state index contributed by atoms with van der Waals surface area (Å²) in [6.07, 6.45) is 1.31. The average Bonchev–Trinajstić information content (AvgIpc) is 3.23. The van der Waals surface area contributed by atoms with E-state index in [-0.39, 0.29) is 29.3 Å². The lowest BCUT2D eigenvalue weighted by atomic mass is 9.98. The number of benzene rings is 2. The van der Waals surface area contributed by atoms with E-state index in [0.717, 1.165) is 17.3 Å². The van der Waals surface area contributed by atoms with Crippen molar-refractivity contribution >= 4 is 38.7 Å². The van der Waals surface area contributed by atoms with Crippen molar-refractivity contribution in [1.82, 2.24) is 18.4 Å². The number of piperidine rings is 1. The molecule has 29 heavy (non-hydrogen) atoms. The fourth-order valence-corrected chi connectivity index (χ4v) is 5.94. The molecule has 7 nitrogen and oxygen atoms in total. The van der Waals surface area contributed by atoms with Gasteiger partial charge in [0, 0.05) is 13.1 Å². The molecule has 0 radical (unpaired) electrons. The van der Waals surface area contributed by atoms with Gasteiger partial charge in [0.25, 0.3) is 0 Å². The highest BCUT2D eigenvalue weighted by atomic mass is 32.2. The standard InChI is InChI=1S/C20H22N4O3S2/c1-14(15-7-3-2-4-8-15)21-20(25)16-9-6-12-24(13-16)29(26,27)18-11-5-10-17-19(18)23-28-22-17/h2-5,7-8,10-11,14,16H,6,9,12-13H2,1H3,(H,21,25)/t14-,16-/m1/s1. The Morgan fingerprint density at radius 2 is 1.97 bits per heavy atom. The summed E-state index contributed by atoms with van der Waals surface area (Å²) in [6, 6.07) is 14.6. The van der Waals surface area contributed by atoms with Crippen molar-refractivity contribution in [3.63, 3.8) is 0 Å². The Hall–Kier alpha value is -2.36. The van der Waals surface area contributed by atoms with Gasteiger partial charge in [-0.25, -0.2) is 8.42 Å². The maximum absolute atomic E-state index is 13.2. The van der Waals surface area contributed by atoms with Crippen LogP contribution in [0.4, 0.5) is 0 Å². The Morgan fingerprint density at radius 1 is 1.17 bits per heavy atom. The van der Waals surface area contributed by atoms with Gasteiger partial charge in [-0.1, -0.05) is 36.4 Å². The smallest absolute Gasteiger partial charge is 0.245 e. The van der Waals surface area contributed by atoms with Crippen LogP contribution in [0.25, 0.3) is 11.0 Å². The Balaban J connectivity index is 1.50. The second-order valence-corrected chi connectivity index (χ2v) is 9.67. The molecule has 0 aliphatic carbocycles. The number of carbonyl (C=O) groups excluding carboxylic acids is 1.